The largest absolute Gasteiger partial charge is 0.497 e. The van der Waals surface area contributed by atoms with Gasteiger partial charge in [0.05, 0.1) is 13.7 Å². The Labute approximate surface area is 181 Å². The number of methoxy groups -OCH3 is 1. The van der Waals surface area contributed by atoms with Crippen molar-refractivity contribution in [3.8, 4) is 11.5 Å². The average Bonchev–Trinajstić information content (AvgIpc) is 2.72. The molecule has 0 heterocycles. The van der Waals surface area contributed by atoms with Gasteiger partial charge in [-0.25, -0.2) is 4.99 Å². The first-order valence-corrected chi connectivity index (χ1v) is 11.1. The van der Waals surface area contributed by atoms with Gasteiger partial charge in [0.15, 0.2) is 5.96 Å². The van der Waals surface area contributed by atoms with Crippen molar-refractivity contribution >= 4 is 11.9 Å². The molecule has 3 N–H and O–H groups in total. The Hall–Kier alpha value is -2.44. The minimum Gasteiger partial charge on any atom is -0.497 e. The highest BCUT2D eigenvalue weighted by Gasteiger charge is 2.28. The molecule has 2 rings (SSSR count). The van der Waals surface area contributed by atoms with Crippen LogP contribution >= 0.6 is 0 Å². The van der Waals surface area contributed by atoms with Gasteiger partial charge in [0.2, 0.25) is 5.91 Å². The number of ether oxygens (including phenoxy) is 2. The first-order chi connectivity index (χ1) is 14.4. The Morgan fingerprint density at radius 1 is 1.17 bits per heavy atom. The van der Waals surface area contributed by atoms with Gasteiger partial charge in [-0.1, -0.05) is 6.42 Å². The van der Waals surface area contributed by atoms with E-state index in [2.05, 4.69) is 16.0 Å². The summed E-state index contributed by atoms with van der Waals surface area (Å²) < 4.78 is 11.1. The zero-order chi connectivity index (χ0) is 21.9. The van der Waals surface area contributed by atoms with Crippen LogP contribution < -0.4 is 25.4 Å². The number of hydrogen-bond donors (Lipinski definition) is 3. The molecular weight excluding hydrogens is 380 g/mol. The topological polar surface area (TPSA) is 84.0 Å². The van der Waals surface area contributed by atoms with Crippen LogP contribution in [0.25, 0.3) is 0 Å². The van der Waals surface area contributed by atoms with Gasteiger partial charge in [-0.15, -0.1) is 0 Å². The summed E-state index contributed by atoms with van der Waals surface area (Å²) in [5.41, 5.74) is 0. The summed E-state index contributed by atoms with van der Waals surface area (Å²) in [7, 11) is 1.65. The lowest BCUT2D eigenvalue weighted by Crippen LogP contribution is -2.47. The van der Waals surface area contributed by atoms with Crippen LogP contribution in [-0.2, 0) is 4.79 Å². The van der Waals surface area contributed by atoms with Crippen LogP contribution in [-0.4, -0.2) is 50.3 Å². The Morgan fingerprint density at radius 2 is 1.87 bits per heavy atom. The molecule has 0 aliphatic heterocycles. The summed E-state index contributed by atoms with van der Waals surface area (Å²) in [5, 5.41) is 9.87. The van der Waals surface area contributed by atoms with Crippen LogP contribution in [0.1, 0.15) is 53.4 Å². The van der Waals surface area contributed by atoms with Gasteiger partial charge in [-0.05, 0) is 71.2 Å². The van der Waals surface area contributed by atoms with Crippen molar-refractivity contribution in [3.63, 3.8) is 0 Å². The number of nitrogens with one attached hydrogen (secondary N) is 3. The summed E-state index contributed by atoms with van der Waals surface area (Å²) in [6.07, 6.45) is 3.82. The molecular formula is C23H38N4O3. The van der Waals surface area contributed by atoms with Gasteiger partial charge < -0.3 is 25.4 Å². The molecule has 0 bridgehead atoms. The van der Waals surface area contributed by atoms with Crippen molar-refractivity contribution in [1.29, 1.82) is 0 Å². The van der Waals surface area contributed by atoms with E-state index >= 15 is 0 Å². The fourth-order valence-electron chi connectivity index (χ4n) is 3.62. The molecule has 168 valence electrons. The molecule has 7 nitrogen and oxygen atoms in total. The highest BCUT2D eigenvalue weighted by Crippen LogP contribution is 2.24. The molecule has 0 radical (unpaired) electrons. The van der Waals surface area contributed by atoms with Crippen molar-refractivity contribution in [2.24, 2.45) is 10.9 Å². The number of nitrogens with zero attached hydrogens (tertiary/aromatic N) is 1. The second-order valence-corrected chi connectivity index (χ2v) is 8.19. The number of carbonyl (C=O) groups excluding carboxylic acids is 1. The molecule has 1 aromatic carbocycles. The minimum absolute atomic E-state index is 0.0650. The second-order valence-electron chi connectivity index (χ2n) is 8.19. The van der Waals surface area contributed by atoms with E-state index in [0.717, 1.165) is 49.7 Å². The Bertz CT molecular complexity index is 676. The first kappa shape index (κ1) is 23.8. The van der Waals surface area contributed by atoms with Crippen LogP contribution in [0.2, 0.25) is 0 Å². The van der Waals surface area contributed by atoms with Gasteiger partial charge in [-0.3, -0.25) is 4.79 Å². The van der Waals surface area contributed by atoms with Gasteiger partial charge in [0, 0.05) is 24.5 Å². The minimum atomic E-state index is -0.0650. The molecule has 7 heteroatoms. The number of aliphatic imine (C=N–C) groups is 1. The van der Waals surface area contributed by atoms with E-state index in [9.17, 15) is 4.79 Å². The third-order valence-corrected chi connectivity index (χ3v) is 5.06. The molecule has 1 fully saturated rings. The smallest absolute Gasteiger partial charge is 0.223 e. The third-order valence-electron chi connectivity index (χ3n) is 5.06. The standard InChI is InChI=1S/C23H38N4O3/c1-6-24-23(25-15-17(4)30-21-12-10-20(29-5)11-13-21)27-19-9-7-8-18(14-19)22(28)26-16(2)3/h10-13,16-19H,6-9,14-15H2,1-5H3,(H,26,28)(H2,24,25,27). The predicted molar refractivity (Wildman–Crippen MR) is 121 cm³/mol. The molecule has 3 unspecified atom stereocenters. The van der Waals surface area contributed by atoms with Crippen molar-refractivity contribution in [2.75, 3.05) is 20.2 Å². The molecule has 1 saturated carbocycles. The maximum Gasteiger partial charge on any atom is 0.223 e. The van der Waals surface area contributed by atoms with Crippen molar-refractivity contribution in [2.45, 2.75) is 71.6 Å². The number of rotatable bonds is 9. The van der Waals surface area contributed by atoms with Crippen LogP contribution in [0.4, 0.5) is 0 Å². The van der Waals surface area contributed by atoms with Gasteiger partial charge in [0.25, 0.3) is 0 Å². The quantitative estimate of drug-likeness (QED) is 0.424. The SMILES string of the molecule is CCNC(=NCC(C)Oc1ccc(OC)cc1)NC1CCCC(C(=O)NC(C)C)C1. The Kier molecular flexibility index (Phi) is 9.77. The number of guanidine groups is 1. The highest BCUT2D eigenvalue weighted by molar-refractivity contribution is 5.81. The zero-order valence-electron chi connectivity index (χ0n) is 19.0. The molecule has 0 spiro atoms. The normalized spacial score (nSPS) is 20.4. The van der Waals surface area contributed by atoms with Crippen molar-refractivity contribution in [1.82, 2.24) is 16.0 Å². The van der Waals surface area contributed by atoms with Gasteiger partial charge in [0.1, 0.15) is 17.6 Å². The third kappa shape index (κ3) is 8.13. The van der Waals surface area contributed by atoms with Crippen LogP contribution in [0.5, 0.6) is 11.5 Å². The van der Waals surface area contributed by atoms with E-state index in [4.69, 9.17) is 14.5 Å². The molecule has 1 aliphatic rings. The molecule has 3 atom stereocenters. The monoisotopic (exact) mass is 418 g/mol. The lowest BCUT2D eigenvalue weighted by atomic mass is 9.85. The Balaban J connectivity index is 1.88. The molecule has 0 saturated heterocycles. The molecule has 1 aliphatic carbocycles. The number of amides is 1. The lowest BCUT2D eigenvalue weighted by molar-refractivity contribution is -0.126. The van der Waals surface area contributed by atoms with Crippen LogP contribution in [0.15, 0.2) is 29.3 Å². The van der Waals surface area contributed by atoms with Crippen molar-refractivity contribution in [3.05, 3.63) is 24.3 Å². The second kappa shape index (κ2) is 12.3. The number of carbonyl (C=O) groups is 1. The van der Waals surface area contributed by atoms with E-state index < -0.39 is 0 Å². The summed E-state index contributed by atoms with van der Waals surface area (Å²) in [6, 6.07) is 7.98. The summed E-state index contributed by atoms with van der Waals surface area (Å²) in [5.74, 6) is 2.61. The number of benzene rings is 1. The maximum absolute atomic E-state index is 12.4. The van der Waals surface area contributed by atoms with Crippen molar-refractivity contribution < 1.29 is 14.3 Å². The van der Waals surface area contributed by atoms with E-state index in [-0.39, 0.29) is 30.0 Å². The van der Waals surface area contributed by atoms with E-state index in [1.54, 1.807) is 7.11 Å². The van der Waals surface area contributed by atoms with Crippen LogP contribution in [0, 0.1) is 5.92 Å². The number of hydrogen-bond acceptors (Lipinski definition) is 4. The molecule has 30 heavy (non-hydrogen) atoms. The lowest BCUT2D eigenvalue weighted by Gasteiger charge is -2.30. The van der Waals surface area contributed by atoms with E-state index in [1.165, 1.54) is 0 Å². The molecule has 1 aromatic rings. The summed E-state index contributed by atoms with van der Waals surface area (Å²) in [6.45, 7) is 9.37. The highest BCUT2D eigenvalue weighted by atomic mass is 16.5. The summed E-state index contributed by atoms with van der Waals surface area (Å²) in [4.78, 5) is 17.1. The van der Waals surface area contributed by atoms with E-state index in [0.29, 0.717) is 6.54 Å². The zero-order valence-corrected chi connectivity index (χ0v) is 19.0. The van der Waals surface area contributed by atoms with Gasteiger partial charge in [-0.2, -0.15) is 0 Å². The fraction of sp³-hybridized carbons (Fsp3) is 0.652. The first-order valence-electron chi connectivity index (χ1n) is 11.1. The van der Waals surface area contributed by atoms with Crippen LogP contribution in [0.3, 0.4) is 0 Å². The fourth-order valence-corrected chi connectivity index (χ4v) is 3.62. The summed E-state index contributed by atoms with van der Waals surface area (Å²) >= 11 is 0. The predicted octanol–water partition coefficient (Wildman–Crippen LogP) is 3.10. The van der Waals surface area contributed by atoms with E-state index in [1.807, 2.05) is 52.0 Å². The molecule has 0 aromatic heterocycles. The maximum atomic E-state index is 12.4. The molecule has 1 amide bonds. The Morgan fingerprint density at radius 3 is 2.50 bits per heavy atom. The van der Waals surface area contributed by atoms with Gasteiger partial charge >= 0.3 is 0 Å². The average molecular weight is 419 g/mol.